The summed E-state index contributed by atoms with van der Waals surface area (Å²) in [5.74, 6) is -0.396. The number of hydrogen-bond acceptors (Lipinski definition) is 7. The quantitative estimate of drug-likeness (QED) is 0.382. The van der Waals surface area contributed by atoms with Crippen LogP contribution in [0.1, 0.15) is 37.8 Å². The highest BCUT2D eigenvalue weighted by Gasteiger charge is 2.58. The summed E-state index contributed by atoms with van der Waals surface area (Å²) in [4.78, 5) is 64.9. The fourth-order valence-corrected chi connectivity index (χ4v) is 5.95. The third kappa shape index (κ3) is 5.27. The maximum atomic E-state index is 13.7. The number of rotatable bonds is 8. The monoisotopic (exact) mass is 522 g/mol. The number of ketones is 1. The summed E-state index contributed by atoms with van der Waals surface area (Å²) in [6, 6.07) is 11.9. The molecule has 0 saturated carbocycles. The van der Waals surface area contributed by atoms with Crippen molar-refractivity contribution in [1.29, 1.82) is 0 Å². The molecule has 2 aromatic carbocycles. The van der Waals surface area contributed by atoms with Crippen LogP contribution in [0.2, 0.25) is 0 Å². The highest BCUT2D eigenvalue weighted by atomic mass is 16.6. The van der Waals surface area contributed by atoms with Crippen molar-refractivity contribution >= 4 is 29.0 Å². The number of hydrogen-bond donors (Lipinski definition) is 0. The Labute approximate surface area is 219 Å². The minimum absolute atomic E-state index is 0.0242. The zero-order valence-corrected chi connectivity index (χ0v) is 21.4. The molecule has 2 fully saturated rings. The number of nitro benzene ring substituents is 2. The zero-order chi connectivity index (χ0) is 27.7. The molecule has 0 aliphatic carbocycles. The molecule has 2 heterocycles. The SMILES string of the molecule is CCCC12CN(C(=O)Cc3cccc([N+](=O)[O-])c3)CC(C)(CN(C(=O)Cc3cccc([N+](=O)[O-])c3)C1)C2=O. The van der Waals surface area contributed by atoms with Gasteiger partial charge in [0.05, 0.1) is 33.5 Å². The molecule has 11 heteroatoms. The van der Waals surface area contributed by atoms with Crippen LogP contribution < -0.4 is 0 Å². The van der Waals surface area contributed by atoms with Gasteiger partial charge in [0.2, 0.25) is 11.8 Å². The van der Waals surface area contributed by atoms with E-state index in [4.69, 9.17) is 0 Å². The largest absolute Gasteiger partial charge is 0.340 e. The lowest BCUT2D eigenvalue weighted by atomic mass is 9.61. The third-order valence-corrected chi connectivity index (χ3v) is 7.48. The van der Waals surface area contributed by atoms with Crippen molar-refractivity contribution in [2.24, 2.45) is 10.8 Å². The van der Waals surface area contributed by atoms with Gasteiger partial charge in [-0.15, -0.1) is 0 Å². The van der Waals surface area contributed by atoms with Crippen molar-refractivity contribution in [3.8, 4) is 0 Å². The number of carbonyl (C=O) groups is 3. The number of likely N-dealkylation sites (tertiary alicyclic amines) is 2. The first-order valence-corrected chi connectivity index (χ1v) is 12.5. The van der Waals surface area contributed by atoms with E-state index in [1.165, 1.54) is 24.3 Å². The van der Waals surface area contributed by atoms with Crippen LogP contribution in [-0.2, 0) is 27.2 Å². The van der Waals surface area contributed by atoms with Crippen molar-refractivity contribution in [3.63, 3.8) is 0 Å². The van der Waals surface area contributed by atoms with Gasteiger partial charge in [-0.05, 0) is 24.5 Å². The highest BCUT2D eigenvalue weighted by molar-refractivity contribution is 5.96. The van der Waals surface area contributed by atoms with Crippen LogP contribution in [0.15, 0.2) is 48.5 Å². The Morgan fingerprint density at radius 1 is 0.842 bits per heavy atom. The molecule has 2 aromatic rings. The first-order chi connectivity index (χ1) is 18.0. The Balaban J connectivity index is 1.55. The van der Waals surface area contributed by atoms with Crippen LogP contribution in [0.3, 0.4) is 0 Å². The average molecular weight is 523 g/mol. The summed E-state index contributed by atoms with van der Waals surface area (Å²) in [5.41, 5.74) is -1.02. The van der Waals surface area contributed by atoms with E-state index in [1.54, 1.807) is 41.0 Å². The Morgan fingerprint density at radius 3 is 1.68 bits per heavy atom. The molecule has 0 atom stereocenters. The van der Waals surface area contributed by atoms with E-state index in [0.717, 1.165) is 0 Å². The molecule has 0 unspecified atom stereocenters. The minimum Gasteiger partial charge on any atom is -0.340 e. The zero-order valence-electron chi connectivity index (χ0n) is 21.4. The number of nitrogens with zero attached hydrogens (tertiary/aromatic N) is 4. The topological polar surface area (TPSA) is 144 Å². The number of amides is 2. The first kappa shape index (κ1) is 26.9. The number of nitro groups is 2. The Morgan fingerprint density at radius 2 is 1.29 bits per heavy atom. The third-order valence-electron chi connectivity index (χ3n) is 7.48. The number of fused-ring (bicyclic) bond motifs is 2. The van der Waals surface area contributed by atoms with Gasteiger partial charge in [-0.25, -0.2) is 0 Å². The predicted octanol–water partition coefficient (Wildman–Crippen LogP) is 3.33. The van der Waals surface area contributed by atoms with Crippen molar-refractivity contribution in [2.75, 3.05) is 26.2 Å². The summed E-state index contributed by atoms with van der Waals surface area (Å²) in [6.45, 7) is 4.36. The predicted molar refractivity (Wildman–Crippen MR) is 137 cm³/mol. The Bertz CT molecular complexity index is 1220. The highest BCUT2D eigenvalue weighted by Crippen LogP contribution is 2.45. The molecule has 2 bridgehead atoms. The molecule has 0 aromatic heterocycles. The van der Waals surface area contributed by atoms with Gasteiger partial charge >= 0.3 is 0 Å². The maximum Gasteiger partial charge on any atom is 0.269 e. The Kier molecular flexibility index (Phi) is 7.30. The van der Waals surface area contributed by atoms with Crippen LogP contribution in [-0.4, -0.2) is 63.4 Å². The average Bonchev–Trinajstić information content (AvgIpc) is 2.86. The lowest BCUT2D eigenvalue weighted by Crippen LogP contribution is -2.70. The molecule has 0 N–H and O–H groups in total. The molecule has 2 aliphatic rings. The first-order valence-electron chi connectivity index (χ1n) is 12.5. The molecule has 11 nitrogen and oxygen atoms in total. The van der Waals surface area contributed by atoms with Crippen LogP contribution in [0.4, 0.5) is 11.4 Å². The number of carbonyl (C=O) groups excluding carboxylic acids is 3. The number of non-ortho nitro benzene ring substituents is 2. The summed E-state index contributed by atoms with van der Waals surface area (Å²) in [7, 11) is 0. The molecular weight excluding hydrogens is 492 g/mol. The number of benzene rings is 2. The van der Waals surface area contributed by atoms with E-state index in [-0.39, 0.29) is 68.0 Å². The van der Waals surface area contributed by atoms with E-state index in [9.17, 15) is 34.6 Å². The summed E-state index contributed by atoms with van der Waals surface area (Å²) >= 11 is 0. The van der Waals surface area contributed by atoms with E-state index in [2.05, 4.69) is 0 Å². The summed E-state index contributed by atoms with van der Waals surface area (Å²) < 4.78 is 0. The van der Waals surface area contributed by atoms with Gasteiger partial charge < -0.3 is 9.80 Å². The van der Waals surface area contributed by atoms with E-state index in [1.807, 2.05) is 6.92 Å². The van der Waals surface area contributed by atoms with Crippen LogP contribution in [0, 0.1) is 31.1 Å². The van der Waals surface area contributed by atoms with Gasteiger partial charge in [-0.1, -0.05) is 37.6 Å². The van der Waals surface area contributed by atoms with Crippen molar-refractivity contribution in [1.82, 2.24) is 9.80 Å². The van der Waals surface area contributed by atoms with Crippen molar-refractivity contribution in [2.45, 2.75) is 39.5 Å². The second-order valence-electron chi connectivity index (χ2n) is 10.6. The van der Waals surface area contributed by atoms with Gasteiger partial charge in [-0.3, -0.25) is 34.6 Å². The molecule has 2 amide bonds. The second-order valence-corrected chi connectivity index (χ2v) is 10.6. The van der Waals surface area contributed by atoms with Crippen molar-refractivity contribution in [3.05, 3.63) is 79.9 Å². The minimum atomic E-state index is -0.970. The molecule has 38 heavy (non-hydrogen) atoms. The van der Waals surface area contributed by atoms with Gasteiger partial charge in [0, 0.05) is 50.4 Å². The van der Waals surface area contributed by atoms with E-state index >= 15 is 0 Å². The molecule has 4 rings (SSSR count). The van der Waals surface area contributed by atoms with Gasteiger partial charge in [-0.2, -0.15) is 0 Å². The molecule has 2 aliphatic heterocycles. The summed E-state index contributed by atoms with van der Waals surface area (Å²) in [5, 5.41) is 22.2. The smallest absolute Gasteiger partial charge is 0.269 e. The lowest BCUT2D eigenvalue weighted by molar-refractivity contribution is -0.385. The van der Waals surface area contributed by atoms with Crippen LogP contribution >= 0.6 is 0 Å². The molecular formula is C27H30N4O7. The number of piperidine rings is 2. The fraction of sp³-hybridized carbons (Fsp3) is 0.444. The number of Topliss-reactive ketones (excluding diaryl/α,β-unsaturated/α-hetero) is 1. The van der Waals surface area contributed by atoms with Crippen LogP contribution in [0.5, 0.6) is 0 Å². The molecule has 200 valence electrons. The maximum absolute atomic E-state index is 13.7. The standard InChI is InChI=1S/C27H30N4O7/c1-3-10-27-17-28(23(32)13-19-6-4-8-21(11-19)30(35)36)15-26(2,25(27)34)16-29(18-27)24(33)14-20-7-5-9-22(12-20)31(37)38/h4-9,11-12H,3,10,13-18H2,1-2H3. The second kappa shape index (κ2) is 10.3. The normalized spacial score (nSPS) is 22.7. The molecule has 0 radical (unpaired) electrons. The van der Waals surface area contributed by atoms with E-state index in [0.29, 0.717) is 24.0 Å². The van der Waals surface area contributed by atoms with Gasteiger partial charge in [0.1, 0.15) is 0 Å². The Hall–Kier alpha value is -4.15. The fourth-order valence-electron chi connectivity index (χ4n) is 5.95. The van der Waals surface area contributed by atoms with Crippen molar-refractivity contribution < 1.29 is 24.2 Å². The summed E-state index contributed by atoms with van der Waals surface area (Å²) in [6.07, 6.45) is 1.14. The van der Waals surface area contributed by atoms with Gasteiger partial charge in [0.15, 0.2) is 5.78 Å². The molecule has 2 saturated heterocycles. The lowest BCUT2D eigenvalue weighted by Gasteiger charge is -2.56. The van der Waals surface area contributed by atoms with Crippen LogP contribution in [0.25, 0.3) is 0 Å². The van der Waals surface area contributed by atoms with Gasteiger partial charge in [0.25, 0.3) is 11.4 Å². The molecule has 0 spiro atoms. The van der Waals surface area contributed by atoms with E-state index < -0.39 is 20.7 Å².